The van der Waals surface area contributed by atoms with Crippen LogP contribution in [0.25, 0.3) is 22.2 Å². The lowest BCUT2D eigenvalue weighted by Crippen LogP contribution is -2.24. The van der Waals surface area contributed by atoms with Crippen molar-refractivity contribution in [2.24, 2.45) is 0 Å². The van der Waals surface area contributed by atoms with Crippen LogP contribution in [-0.2, 0) is 6.54 Å². The molecule has 1 atom stereocenters. The van der Waals surface area contributed by atoms with E-state index in [2.05, 4.69) is 27.0 Å². The Morgan fingerprint density at radius 1 is 1.00 bits per heavy atom. The highest BCUT2D eigenvalue weighted by atomic mass is 19.1. The monoisotopic (exact) mass is 390 g/mol. The summed E-state index contributed by atoms with van der Waals surface area (Å²) < 4.78 is 27.3. The summed E-state index contributed by atoms with van der Waals surface area (Å²) in [5.74, 6) is -0.152. The number of benzene rings is 2. The largest absolute Gasteiger partial charge is 0.341 e. The standard InChI is InChI=1S/C23H20F2N4/c24-18-5-3-17(19(25)13-18)14-29-11-1-2-22(29)23-27-20-6-4-16(12-21(20)28-23)15-7-9-26-10-8-15/h3-10,12-13,22H,1-2,11,14H2,(H,27,28). The lowest BCUT2D eigenvalue weighted by atomic mass is 10.1. The second kappa shape index (κ2) is 7.37. The number of likely N-dealkylation sites (tertiary alicyclic amines) is 1. The quantitative estimate of drug-likeness (QED) is 0.518. The van der Waals surface area contributed by atoms with Crippen LogP contribution < -0.4 is 0 Å². The predicted octanol–water partition coefficient (Wildman–Crippen LogP) is 5.24. The van der Waals surface area contributed by atoms with Crippen LogP contribution in [0.3, 0.4) is 0 Å². The van der Waals surface area contributed by atoms with Gasteiger partial charge in [0.2, 0.25) is 0 Å². The van der Waals surface area contributed by atoms with Crippen molar-refractivity contribution < 1.29 is 8.78 Å². The number of imidazole rings is 1. The molecule has 1 N–H and O–H groups in total. The molecule has 0 radical (unpaired) electrons. The minimum Gasteiger partial charge on any atom is -0.341 e. The van der Waals surface area contributed by atoms with Crippen LogP contribution in [0.1, 0.15) is 30.3 Å². The van der Waals surface area contributed by atoms with Gasteiger partial charge in [0.1, 0.15) is 17.5 Å². The van der Waals surface area contributed by atoms with Crippen molar-refractivity contribution in [1.29, 1.82) is 0 Å². The molecule has 0 saturated carbocycles. The van der Waals surface area contributed by atoms with E-state index in [-0.39, 0.29) is 6.04 Å². The smallest absolute Gasteiger partial charge is 0.130 e. The molecule has 0 amide bonds. The minimum atomic E-state index is -0.550. The Morgan fingerprint density at radius 3 is 2.69 bits per heavy atom. The number of halogens is 2. The Balaban J connectivity index is 1.43. The lowest BCUT2D eigenvalue weighted by Gasteiger charge is -2.23. The van der Waals surface area contributed by atoms with Gasteiger partial charge in [-0.15, -0.1) is 0 Å². The molecule has 1 aliphatic rings. The fourth-order valence-electron chi connectivity index (χ4n) is 4.10. The third kappa shape index (κ3) is 3.51. The molecular weight excluding hydrogens is 370 g/mol. The first-order valence-electron chi connectivity index (χ1n) is 9.75. The van der Waals surface area contributed by atoms with E-state index >= 15 is 0 Å². The fraction of sp³-hybridized carbons (Fsp3) is 0.217. The van der Waals surface area contributed by atoms with Gasteiger partial charge >= 0.3 is 0 Å². The molecule has 1 fully saturated rings. The van der Waals surface area contributed by atoms with Crippen LogP contribution in [0.2, 0.25) is 0 Å². The molecule has 6 heteroatoms. The molecule has 0 spiro atoms. The van der Waals surface area contributed by atoms with E-state index in [4.69, 9.17) is 4.98 Å². The van der Waals surface area contributed by atoms with Crippen LogP contribution in [0.15, 0.2) is 60.9 Å². The molecule has 146 valence electrons. The van der Waals surface area contributed by atoms with E-state index < -0.39 is 11.6 Å². The summed E-state index contributed by atoms with van der Waals surface area (Å²) in [7, 11) is 0. The number of hydrogen-bond donors (Lipinski definition) is 1. The summed E-state index contributed by atoms with van der Waals surface area (Å²) in [6, 6.07) is 14.0. The van der Waals surface area contributed by atoms with Crippen LogP contribution in [0.5, 0.6) is 0 Å². The number of rotatable bonds is 4. The van der Waals surface area contributed by atoms with Gasteiger partial charge in [0, 0.05) is 30.6 Å². The SMILES string of the molecule is Fc1ccc(CN2CCCC2c2nc3ccc(-c4ccncc4)cc3[nH]2)c(F)c1. The summed E-state index contributed by atoms with van der Waals surface area (Å²) in [6.45, 7) is 1.30. The minimum absolute atomic E-state index is 0.0937. The second-order valence-electron chi connectivity index (χ2n) is 7.45. The Kier molecular flexibility index (Phi) is 4.56. The third-order valence-corrected chi connectivity index (χ3v) is 5.58. The number of pyridine rings is 1. The van der Waals surface area contributed by atoms with Crippen LogP contribution in [-0.4, -0.2) is 26.4 Å². The molecule has 2 aromatic heterocycles. The van der Waals surface area contributed by atoms with E-state index in [1.54, 1.807) is 12.4 Å². The Bertz CT molecular complexity index is 1160. The van der Waals surface area contributed by atoms with Crippen LogP contribution in [0, 0.1) is 11.6 Å². The van der Waals surface area contributed by atoms with Gasteiger partial charge in [-0.2, -0.15) is 0 Å². The van der Waals surface area contributed by atoms with Crippen molar-refractivity contribution in [2.75, 3.05) is 6.54 Å². The average molecular weight is 390 g/mol. The van der Waals surface area contributed by atoms with Gasteiger partial charge in [-0.1, -0.05) is 12.1 Å². The van der Waals surface area contributed by atoms with Gasteiger partial charge < -0.3 is 4.98 Å². The second-order valence-corrected chi connectivity index (χ2v) is 7.45. The van der Waals surface area contributed by atoms with E-state index in [1.807, 2.05) is 18.2 Å². The maximum absolute atomic E-state index is 14.1. The first-order chi connectivity index (χ1) is 14.2. The van der Waals surface area contributed by atoms with E-state index in [0.29, 0.717) is 12.1 Å². The Labute approximate surface area is 167 Å². The molecule has 1 aliphatic heterocycles. The van der Waals surface area contributed by atoms with Crippen LogP contribution >= 0.6 is 0 Å². The third-order valence-electron chi connectivity index (χ3n) is 5.58. The van der Waals surface area contributed by atoms with Gasteiger partial charge in [0.15, 0.2) is 0 Å². The van der Waals surface area contributed by atoms with E-state index in [9.17, 15) is 8.78 Å². The van der Waals surface area contributed by atoms with Gasteiger partial charge in [0.25, 0.3) is 0 Å². The number of aromatic amines is 1. The molecule has 4 nitrogen and oxygen atoms in total. The van der Waals surface area contributed by atoms with Crippen LogP contribution in [0.4, 0.5) is 8.78 Å². The average Bonchev–Trinajstić information content (AvgIpc) is 3.36. The molecule has 0 aliphatic carbocycles. The fourth-order valence-corrected chi connectivity index (χ4v) is 4.10. The normalized spacial score (nSPS) is 17.2. The number of fused-ring (bicyclic) bond motifs is 1. The number of aromatic nitrogens is 3. The van der Waals surface area contributed by atoms with Gasteiger partial charge in [-0.3, -0.25) is 9.88 Å². The van der Waals surface area contributed by atoms with Crippen molar-refractivity contribution in [1.82, 2.24) is 19.9 Å². The van der Waals surface area contributed by atoms with Crippen molar-refractivity contribution in [3.05, 3.63) is 83.9 Å². The topological polar surface area (TPSA) is 44.8 Å². The summed E-state index contributed by atoms with van der Waals surface area (Å²) in [4.78, 5) is 14.5. The van der Waals surface area contributed by atoms with E-state index in [0.717, 1.165) is 53.4 Å². The molecular formula is C23H20F2N4. The predicted molar refractivity (Wildman–Crippen MR) is 108 cm³/mol. The first-order valence-corrected chi connectivity index (χ1v) is 9.75. The number of hydrogen-bond acceptors (Lipinski definition) is 3. The summed E-state index contributed by atoms with van der Waals surface area (Å²) in [5.41, 5.74) is 4.61. The number of nitrogens with zero attached hydrogens (tertiary/aromatic N) is 3. The molecule has 4 aromatic rings. The lowest BCUT2D eigenvalue weighted by molar-refractivity contribution is 0.238. The summed E-state index contributed by atoms with van der Waals surface area (Å²) in [6.07, 6.45) is 5.54. The summed E-state index contributed by atoms with van der Waals surface area (Å²) in [5, 5.41) is 0. The first kappa shape index (κ1) is 17.9. The van der Waals surface area contributed by atoms with Gasteiger partial charge in [-0.25, -0.2) is 13.8 Å². The highest BCUT2D eigenvalue weighted by Crippen LogP contribution is 2.33. The van der Waals surface area contributed by atoms with E-state index in [1.165, 1.54) is 12.1 Å². The highest BCUT2D eigenvalue weighted by Gasteiger charge is 2.29. The van der Waals surface area contributed by atoms with Gasteiger partial charge in [-0.05, 0) is 60.8 Å². The zero-order valence-electron chi connectivity index (χ0n) is 15.8. The Hall–Kier alpha value is -3.12. The zero-order chi connectivity index (χ0) is 19.8. The maximum Gasteiger partial charge on any atom is 0.130 e. The molecule has 29 heavy (non-hydrogen) atoms. The van der Waals surface area contributed by atoms with Crippen molar-refractivity contribution in [2.45, 2.75) is 25.4 Å². The van der Waals surface area contributed by atoms with Crippen molar-refractivity contribution >= 4 is 11.0 Å². The number of H-pyrrole nitrogens is 1. The summed E-state index contributed by atoms with van der Waals surface area (Å²) >= 11 is 0. The highest BCUT2D eigenvalue weighted by molar-refractivity contribution is 5.82. The van der Waals surface area contributed by atoms with Crippen molar-refractivity contribution in [3.8, 4) is 11.1 Å². The molecule has 2 aromatic carbocycles. The van der Waals surface area contributed by atoms with Crippen molar-refractivity contribution in [3.63, 3.8) is 0 Å². The molecule has 3 heterocycles. The zero-order valence-corrected chi connectivity index (χ0v) is 15.8. The maximum atomic E-state index is 14.1. The molecule has 0 bridgehead atoms. The Morgan fingerprint density at radius 2 is 1.86 bits per heavy atom. The number of nitrogens with one attached hydrogen (secondary N) is 1. The van der Waals surface area contributed by atoms with Gasteiger partial charge in [0.05, 0.1) is 17.1 Å². The molecule has 1 saturated heterocycles. The molecule has 5 rings (SSSR count). The molecule has 1 unspecified atom stereocenters.